The van der Waals surface area contributed by atoms with E-state index in [2.05, 4.69) is 10.6 Å². The molecule has 4 N–H and O–H groups in total. The van der Waals surface area contributed by atoms with Gasteiger partial charge in [-0.1, -0.05) is 20.8 Å². The molecule has 1 heterocycles. The molecule has 0 aromatic heterocycles. The maximum Gasteiger partial charge on any atom is 0.245 e. The Morgan fingerprint density at radius 3 is 2.31 bits per heavy atom. The van der Waals surface area contributed by atoms with Crippen LogP contribution in [0.2, 0.25) is 0 Å². The zero-order valence-corrected chi connectivity index (χ0v) is 19.2. The van der Waals surface area contributed by atoms with Crippen molar-refractivity contribution in [3.63, 3.8) is 0 Å². The lowest BCUT2D eigenvalue weighted by molar-refractivity contribution is -0.140. The van der Waals surface area contributed by atoms with Crippen molar-refractivity contribution >= 4 is 17.7 Å². The van der Waals surface area contributed by atoms with Gasteiger partial charge in [-0.2, -0.15) is 0 Å². The van der Waals surface area contributed by atoms with E-state index in [1.165, 1.54) is 0 Å². The summed E-state index contributed by atoms with van der Waals surface area (Å²) in [5.74, 6) is -0.300. The van der Waals surface area contributed by atoms with Gasteiger partial charge in [0.1, 0.15) is 6.04 Å². The first-order valence-corrected chi connectivity index (χ1v) is 10.7. The fraction of sp³-hybridized carbons (Fsp3) is 0.857. The van der Waals surface area contributed by atoms with Gasteiger partial charge in [-0.25, -0.2) is 0 Å². The number of likely N-dealkylation sites (N-methyl/N-ethyl adjacent to an activating group) is 1. The van der Waals surface area contributed by atoms with E-state index in [0.29, 0.717) is 19.5 Å². The van der Waals surface area contributed by atoms with Gasteiger partial charge in [0.15, 0.2) is 0 Å². The summed E-state index contributed by atoms with van der Waals surface area (Å²) in [6.45, 7) is 12.9. The van der Waals surface area contributed by atoms with Gasteiger partial charge in [-0.3, -0.25) is 14.4 Å². The quantitative estimate of drug-likeness (QED) is 0.518. The van der Waals surface area contributed by atoms with Gasteiger partial charge >= 0.3 is 0 Å². The number of hydrogen-bond acceptors (Lipinski definition) is 5. The van der Waals surface area contributed by atoms with Gasteiger partial charge in [-0.15, -0.1) is 0 Å². The van der Waals surface area contributed by atoms with Crippen molar-refractivity contribution in [1.82, 2.24) is 20.4 Å². The predicted octanol–water partition coefficient (Wildman–Crippen LogP) is 0.702. The molecule has 1 aliphatic heterocycles. The standard InChI is InChI=1S/C21H41N5O3/c1-14(2)25(17(27)13-22)12-10-16-9-8-11-26(16)20(29)18(21(4,5)6)24-19(28)15(3)23-7/h14-16,18,23H,8-13,22H2,1-7H3,(H,24,28)/t15-,16-,18+/m0/s1. The summed E-state index contributed by atoms with van der Waals surface area (Å²) in [6.07, 6.45) is 2.56. The summed E-state index contributed by atoms with van der Waals surface area (Å²) >= 11 is 0. The van der Waals surface area contributed by atoms with Crippen molar-refractivity contribution in [2.45, 2.75) is 85.0 Å². The first-order valence-electron chi connectivity index (χ1n) is 10.7. The van der Waals surface area contributed by atoms with Crippen LogP contribution in [0.5, 0.6) is 0 Å². The highest BCUT2D eigenvalue weighted by atomic mass is 16.2. The smallest absolute Gasteiger partial charge is 0.245 e. The lowest BCUT2D eigenvalue weighted by Crippen LogP contribution is -2.58. The number of nitrogens with one attached hydrogen (secondary N) is 2. The van der Waals surface area contributed by atoms with Crippen LogP contribution in [-0.4, -0.2) is 78.4 Å². The summed E-state index contributed by atoms with van der Waals surface area (Å²) in [6, 6.07) is -0.832. The minimum absolute atomic E-state index is 0.00668. The number of rotatable bonds is 9. The molecule has 3 atom stereocenters. The molecule has 1 rings (SSSR count). The Bertz CT molecular complexity index is 573. The molecule has 0 aliphatic carbocycles. The molecule has 8 heteroatoms. The van der Waals surface area contributed by atoms with Crippen LogP contribution in [0.3, 0.4) is 0 Å². The van der Waals surface area contributed by atoms with Crippen LogP contribution in [0.1, 0.15) is 60.8 Å². The van der Waals surface area contributed by atoms with Gasteiger partial charge in [0, 0.05) is 25.2 Å². The number of carbonyl (C=O) groups excluding carboxylic acids is 3. The molecular weight excluding hydrogens is 370 g/mol. The SMILES string of the molecule is CN[C@@H](C)C(=O)N[C@H](C(=O)N1CCC[C@H]1CCN(C(=O)CN)C(C)C)C(C)(C)C. The number of carbonyl (C=O) groups is 3. The summed E-state index contributed by atoms with van der Waals surface area (Å²) in [5.41, 5.74) is 5.13. The molecule has 3 amide bonds. The Kier molecular flexibility index (Phi) is 9.55. The first-order chi connectivity index (χ1) is 13.4. The van der Waals surface area contributed by atoms with Crippen molar-refractivity contribution < 1.29 is 14.4 Å². The van der Waals surface area contributed by atoms with Gasteiger partial charge in [0.25, 0.3) is 0 Å². The highest BCUT2D eigenvalue weighted by molar-refractivity contribution is 5.90. The monoisotopic (exact) mass is 411 g/mol. The van der Waals surface area contributed by atoms with Crippen LogP contribution in [-0.2, 0) is 14.4 Å². The van der Waals surface area contributed by atoms with E-state index in [1.807, 2.05) is 39.5 Å². The van der Waals surface area contributed by atoms with Gasteiger partial charge in [-0.05, 0) is 52.5 Å². The van der Waals surface area contributed by atoms with Crippen LogP contribution >= 0.6 is 0 Å². The number of nitrogens with zero attached hydrogens (tertiary/aromatic N) is 2. The zero-order chi connectivity index (χ0) is 22.4. The molecule has 1 aliphatic rings. The third-order valence-corrected chi connectivity index (χ3v) is 5.71. The van der Waals surface area contributed by atoms with Crippen molar-refractivity contribution in [3.05, 3.63) is 0 Å². The summed E-state index contributed by atoms with van der Waals surface area (Å²) < 4.78 is 0. The molecule has 0 spiro atoms. The molecule has 8 nitrogen and oxygen atoms in total. The molecule has 29 heavy (non-hydrogen) atoms. The van der Waals surface area contributed by atoms with Gasteiger partial charge in [0.05, 0.1) is 12.6 Å². The fourth-order valence-electron chi connectivity index (χ4n) is 3.72. The zero-order valence-electron chi connectivity index (χ0n) is 19.2. The molecule has 1 fully saturated rings. The van der Waals surface area contributed by atoms with Crippen LogP contribution in [0.4, 0.5) is 0 Å². The Hall–Kier alpha value is -1.67. The summed E-state index contributed by atoms with van der Waals surface area (Å²) in [5, 5.41) is 5.86. The van der Waals surface area contributed by atoms with E-state index in [9.17, 15) is 14.4 Å². The third kappa shape index (κ3) is 6.96. The van der Waals surface area contributed by atoms with Gasteiger partial charge in [0.2, 0.25) is 17.7 Å². The van der Waals surface area contributed by atoms with Crippen LogP contribution < -0.4 is 16.4 Å². The first kappa shape index (κ1) is 25.4. The Labute approximate surface area is 175 Å². The predicted molar refractivity (Wildman–Crippen MR) is 115 cm³/mol. The Morgan fingerprint density at radius 2 is 1.83 bits per heavy atom. The van der Waals surface area contributed by atoms with E-state index < -0.39 is 11.5 Å². The minimum Gasteiger partial charge on any atom is -0.342 e. The van der Waals surface area contributed by atoms with E-state index in [-0.39, 0.29) is 42.4 Å². The molecule has 0 bridgehead atoms. The number of likely N-dealkylation sites (tertiary alicyclic amines) is 1. The average Bonchev–Trinajstić information content (AvgIpc) is 3.11. The van der Waals surface area contributed by atoms with Crippen molar-refractivity contribution in [3.8, 4) is 0 Å². The molecule has 0 radical (unpaired) electrons. The van der Waals surface area contributed by atoms with Crippen LogP contribution in [0.15, 0.2) is 0 Å². The molecule has 0 aromatic carbocycles. The van der Waals surface area contributed by atoms with Gasteiger partial charge < -0.3 is 26.2 Å². The molecular formula is C21H41N5O3. The van der Waals surface area contributed by atoms with E-state index in [1.54, 1.807) is 18.9 Å². The summed E-state index contributed by atoms with van der Waals surface area (Å²) in [4.78, 5) is 41.6. The molecule has 0 unspecified atom stereocenters. The Balaban J connectivity index is 2.90. The fourth-order valence-corrected chi connectivity index (χ4v) is 3.72. The second-order valence-corrected chi connectivity index (χ2v) is 9.32. The van der Waals surface area contributed by atoms with E-state index in [4.69, 9.17) is 5.73 Å². The molecule has 1 saturated heterocycles. The largest absolute Gasteiger partial charge is 0.342 e. The minimum atomic E-state index is -0.599. The van der Waals surface area contributed by atoms with Crippen molar-refractivity contribution in [2.75, 3.05) is 26.7 Å². The highest BCUT2D eigenvalue weighted by Gasteiger charge is 2.40. The summed E-state index contributed by atoms with van der Waals surface area (Å²) in [7, 11) is 1.72. The third-order valence-electron chi connectivity index (χ3n) is 5.71. The number of hydrogen-bond donors (Lipinski definition) is 3. The Morgan fingerprint density at radius 1 is 1.21 bits per heavy atom. The molecule has 168 valence electrons. The normalized spacial score (nSPS) is 19.2. The molecule has 0 saturated carbocycles. The molecule has 0 aromatic rings. The van der Waals surface area contributed by atoms with Crippen LogP contribution in [0.25, 0.3) is 0 Å². The van der Waals surface area contributed by atoms with E-state index in [0.717, 1.165) is 12.8 Å². The number of amides is 3. The van der Waals surface area contributed by atoms with E-state index >= 15 is 0 Å². The van der Waals surface area contributed by atoms with Crippen molar-refractivity contribution in [1.29, 1.82) is 0 Å². The maximum atomic E-state index is 13.4. The van der Waals surface area contributed by atoms with Crippen LogP contribution in [0, 0.1) is 5.41 Å². The topological polar surface area (TPSA) is 108 Å². The van der Waals surface area contributed by atoms with Crippen molar-refractivity contribution in [2.24, 2.45) is 11.1 Å². The second-order valence-electron chi connectivity index (χ2n) is 9.32. The lowest BCUT2D eigenvalue weighted by Gasteiger charge is -2.37. The lowest BCUT2D eigenvalue weighted by atomic mass is 9.85. The second kappa shape index (κ2) is 10.9. The average molecular weight is 412 g/mol. The highest BCUT2D eigenvalue weighted by Crippen LogP contribution is 2.27. The number of nitrogens with two attached hydrogens (primary N) is 1. The maximum absolute atomic E-state index is 13.4.